The van der Waals surface area contributed by atoms with Crippen molar-refractivity contribution in [2.24, 2.45) is 0 Å². The Kier molecular flexibility index (Phi) is 3.22. The van der Waals surface area contributed by atoms with Gasteiger partial charge in [0.25, 0.3) is 0 Å². The number of hydrogen-bond donors (Lipinski definition) is 1. The highest BCUT2D eigenvalue weighted by Crippen LogP contribution is 2.28. The Bertz CT molecular complexity index is 480. The van der Waals surface area contributed by atoms with E-state index in [1.165, 1.54) is 0 Å². The van der Waals surface area contributed by atoms with Crippen molar-refractivity contribution >= 4 is 17.0 Å². The van der Waals surface area contributed by atoms with Gasteiger partial charge in [-0.2, -0.15) is 0 Å². The van der Waals surface area contributed by atoms with Crippen LogP contribution < -0.4 is 10.5 Å². The standard InChI is InChI=1S/C12H12N2OS/c1-2-5-15-12-4-3-9(6-10(12)13)11-7-16-8-14-11/h2-4,6-8H,1,5,13H2. The number of nitrogens with zero attached hydrogens (tertiary/aromatic N) is 1. The van der Waals surface area contributed by atoms with E-state index in [0.717, 1.165) is 11.3 Å². The van der Waals surface area contributed by atoms with Gasteiger partial charge in [-0.3, -0.25) is 0 Å². The van der Waals surface area contributed by atoms with E-state index in [2.05, 4.69) is 11.6 Å². The summed E-state index contributed by atoms with van der Waals surface area (Å²) in [5.74, 6) is 0.680. The lowest BCUT2D eigenvalue weighted by Gasteiger charge is -2.07. The molecule has 0 bridgehead atoms. The summed E-state index contributed by atoms with van der Waals surface area (Å²) in [5.41, 5.74) is 10.2. The predicted molar refractivity (Wildman–Crippen MR) is 67.7 cm³/mol. The Hall–Kier alpha value is -1.81. The molecule has 3 nitrogen and oxygen atoms in total. The van der Waals surface area contributed by atoms with Crippen LogP contribution in [0.5, 0.6) is 5.75 Å². The van der Waals surface area contributed by atoms with E-state index < -0.39 is 0 Å². The molecule has 0 atom stereocenters. The summed E-state index contributed by atoms with van der Waals surface area (Å²) in [6, 6.07) is 5.67. The van der Waals surface area contributed by atoms with Crippen LogP contribution in [0.1, 0.15) is 0 Å². The number of aromatic nitrogens is 1. The van der Waals surface area contributed by atoms with Gasteiger partial charge in [0.2, 0.25) is 0 Å². The molecule has 0 fully saturated rings. The van der Waals surface area contributed by atoms with Crippen LogP contribution in [-0.2, 0) is 0 Å². The van der Waals surface area contributed by atoms with Crippen LogP contribution in [-0.4, -0.2) is 11.6 Å². The molecule has 0 saturated heterocycles. The van der Waals surface area contributed by atoms with Crippen LogP contribution in [0.3, 0.4) is 0 Å². The molecule has 0 aliphatic heterocycles. The molecule has 2 rings (SSSR count). The molecule has 0 aliphatic rings. The largest absolute Gasteiger partial charge is 0.487 e. The molecule has 2 aromatic rings. The topological polar surface area (TPSA) is 48.1 Å². The minimum atomic E-state index is 0.459. The highest BCUT2D eigenvalue weighted by atomic mass is 32.1. The fourth-order valence-corrected chi connectivity index (χ4v) is 1.90. The van der Waals surface area contributed by atoms with E-state index in [9.17, 15) is 0 Å². The molecular weight excluding hydrogens is 220 g/mol. The van der Waals surface area contributed by atoms with Crippen LogP contribution in [0.25, 0.3) is 11.3 Å². The van der Waals surface area contributed by atoms with Gasteiger partial charge in [-0.25, -0.2) is 4.98 Å². The van der Waals surface area contributed by atoms with Crippen LogP contribution >= 0.6 is 11.3 Å². The molecule has 0 radical (unpaired) electrons. The quantitative estimate of drug-likeness (QED) is 0.651. The van der Waals surface area contributed by atoms with Crippen LogP contribution in [0.4, 0.5) is 5.69 Å². The molecule has 0 saturated carbocycles. The molecule has 0 aliphatic carbocycles. The van der Waals surface area contributed by atoms with E-state index in [0.29, 0.717) is 18.0 Å². The summed E-state index contributed by atoms with van der Waals surface area (Å²) >= 11 is 1.56. The molecule has 2 N–H and O–H groups in total. The molecular formula is C12H12N2OS. The minimum Gasteiger partial charge on any atom is -0.487 e. The number of thiazole rings is 1. The second-order valence-electron chi connectivity index (χ2n) is 3.23. The first-order valence-corrected chi connectivity index (χ1v) is 5.77. The fourth-order valence-electron chi connectivity index (χ4n) is 1.34. The van der Waals surface area contributed by atoms with Crippen LogP contribution in [0.2, 0.25) is 0 Å². The lowest BCUT2D eigenvalue weighted by Crippen LogP contribution is -1.97. The van der Waals surface area contributed by atoms with E-state index in [4.69, 9.17) is 10.5 Å². The van der Waals surface area contributed by atoms with Crippen molar-refractivity contribution in [1.29, 1.82) is 0 Å². The molecule has 1 heterocycles. The third-order valence-corrected chi connectivity index (χ3v) is 2.68. The maximum atomic E-state index is 5.88. The molecule has 1 aromatic heterocycles. The van der Waals surface area contributed by atoms with Gasteiger partial charge in [0.1, 0.15) is 12.4 Å². The Morgan fingerprint density at radius 3 is 3.00 bits per heavy atom. The first-order valence-electron chi connectivity index (χ1n) is 4.83. The van der Waals surface area contributed by atoms with Crippen molar-refractivity contribution < 1.29 is 4.74 Å². The first-order chi connectivity index (χ1) is 7.81. The summed E-state index contributed by atoms with van der Waals surface area (Å²) in [6.07, 6.45) is 1.69. The molecule has 0 spiro atoms. The zero-order chi connectivity index (χ0) is 11.4. The highest BCUT2D eigenvalue weighted by Gasteiger charge is 2.04. The van der Waals surface area contributed by atoms with Gasteiger partial charge in [-0.05, 0) is 18.2 Å². The van der Waals surface area contributed by atoms with Crippen LogP contribution in [0, 0.1) is 0 Å². The molecule has 16 heavy (non-hydrogen) atoms. The average Bonchev–Trinajstić information content (AvgIpc) is 2.81. The van der Waals surface area contributed by atoms with E-state index in [1.807, 2.05) is 23.6 Å². The first kappa shape index (κ1) is 10.7. The summed E-state index contributed by atoms with van der Waals surface area (Å²) in [6.45, 7) is 4.05. The van der Waals surface area contributed by atoms with Gasteiger partial charge in [0.15, 0.2) is 0 Å². The monoisotopic (exact) mass is 232 g/mol. The van der Waals surface area contributed by atoms with Gasteiger partial charge in [-0.1, -0.05) is 12.7 Å². The zero-order valence-electron chi connectivity index (χ0n) is 8.72. The van der Waals surface area contributed by atoms with E-state index >= 15 is 0 Å². The van der Waals surface area contributed by atoms with Crippen LogP contribution in [0.15, 0.2) is 41.7 Å². The summed E-state index contributed by atoms with van der Waals surface area (Å²) in [5, 5.41) is 1.99. The second-order valence-corrected chi connectivity index (χ2v) is 3.94. The number of benzene rings is 1. The molecule has 1 aromatic carbocycles. The highest BCUT2D eigenvalue weighted by molar-refractivity contribution is 7.07. The molecule has 82 valence electrons. The van der Waals surface area contributed by atoms with Gasteiger partial charge in [0.05, 0.1) is 16.9 Å². The maximum Gasteiger partial charge on any atom is 0.142 e. The van der Waals surface area contributed by atoms with E-state index in [-0.39, 0.29) is 0 Å². The normalized spacial score (nSPS) is 10.0. The lowest BCUT2D eigenvalue weighted by atomic mass is 10.1. The number of ether oxygens (including phenoxy) is 1. The van der Waals surface area contributed by atoms with Gasteiger partial charge in [0, 0.05) is 10.9 Å². The number of nitrogen functional groups attached to an aromatic ring is 1. The smallest absolute Gasteiger partial charge is 0.142 e. The van der Waals surface area contributed by atoms with Crippen molar-refractivity contribution in [3.05, 3.63) is 41.7 Å². The van der Waals surface area contributed by atoms with Gasteiger partial charge >= 0.3 is 0 Å². The fraction of sp³-hybridized carbons (Fsp3) is 0.0833. The van der Waals surface area contributed by atoms with Crippen molar-refractivity contribution in [3.63, 3.8) is 0 Å². The van der Waals surface area contributed by atoms with Crippen molar-refractivity contribution in [1.82, 2.24) is 4.98 Å². The Balaban J connectivity index is 2.26. The summed E-state index contributed by atoms with van der Waals surface area (Å²) < 4.78 is 5.40. The Morgan fingerprint density at radius 2 is 2.38 bits per heavy atom. The number of rotatable bonds is 4. The Morgan fingerprint density at radius 1 is 1.50 bits per heavy atom. The predicted octanol–water partition coefficient (Wildman–Crippen LogP) is 2.96. The number of hydrogen-bond acceptors (Lipinski definition) is 4. The molecule has 4 heteroatoms. The average molecular weight is 232 g/mol. The third-order valence-electron chi connectivity index (χ3n) is 2.09. The van der Waals surface area contributed by atoms with E-state index in [1.54, 1.807) is 22.9 Å². The van der Waals surface area contributed by atoms with Crippen molar-refractivity contribution in [3.8, 4) is 17.0 Å². The molecule has 0 amide bonds. The van der Waals surface area contributed by atoms with Crippen molar-refractivity contribution in [2.45, 2.75) is 0 Å². The third kappa shape index (κ3) is 2.23. The second kappa shape index (κ2) is 4.81. The minimum absolute atomic E-state index is 0.459. The number of anilines is 1. The SMILES string of the molecule is C=CCOc1ccc(-c2cscn2)cc1N. The maximum absolute atomic E-state index is 5.88. The zero-order valence-corrected chi connectivity index (χ0v) is 9.54. The Labute approximate surface area is 98.2 Å². The van der Waals surface area contributed by atoms with Gasteiger partial charge < -0.3 is 10.5 Å². The summed E-state index contributed by atoms with van der Waals surface area (Å²) in [4.78, 5) is 4.23. The van der Waals surface area contributed by atoms with Gasteiger partial charge in [-0.15, -0.1) is 11.3 Å². The summed E-state index contributed by atoms with van der Waals surface area (Å²) in [7, 11) is 0. The number of nitrogens with two attached hydrogens (primary N) is 1. The lowest BCUT2D eigenvalue weighted by molar-refractivity contribution is 0.365. The van der Waals surface area contributed by atoms with Crippen molar-refractivity contribution in [2.75, 3.05) is 12.3 Å². The molecule has 0 unspecified atom stereocenters.